The molecule has 1 saturated heterocycles. The third-order valence-corrected chi connectivity index (χ3v) is 6.54. The number of thioether (sulfide) groups is 1. The van der Waals surface area contributed by atoms with Crippen LogP contribution < -0.4 is 5.09 Å². The van der Waals surface area contributed by atoms with Crippen LogP contribution >= 0.6 is 21.2 Å². The van der Waals surface area contributed by atoms with E-state index in [4.69, 9.17) is 4.74 Å². The van der Waals surface area contributed by atoms with Gasteiger partial charge in [0.05, 0.1) is 18.8 Å². The van der Waals surface area contributed by atoms with Crippen molar-refractivity contribution in [3.8, 4) is 0 Å². The van der Waals surface area contributed by atoms with Crippen molar-refractivity contribution < 1.29 is 22.3 Å². The van der Waals surface area contributed by atoms with E-state index in [0.717, 1.165) is 43.2 Å². The number of benzene rings is 2. The molecule has 0 radical (unpaired) electrons. The Hall–Kier alpha value is -1.14. The SMILES string of the molecule is Fc1cc(SCCCCC2(c3ccccc3)COC2)c(C(F)(F)F)cc1CNP. The Morgan fingerprint density at radius 2 is 1.83 bits per heavy atom. The lowest BCUT2D eigenvalue weighted by molar-refractivity contribution is -0.139. The lowest BCUT2D eigenvalue weighted by atomic mass is 9.75. The molecule has 3 rings (SSSR count). The number of ether oxygens (including phenoxy) is 1. The standard InChI is InChI=1S/C21H24F4NOPS/c22-18-11-19(17(21(23,24)25)10-15(18)12-26-28)29-9-5-4-8-20(13-27-14-20)16-6-2-1-3-7-16/h1-3,6-7,10-11,26H,4-5,8-9,12-14,28H2. The van der Waals surface area contributed by atoms with Crippen LogP contribution in [0.3, 0.4) is 0 Å². The first-order valence-corrected chi connectivity index (χ1v) is 11.0. The van der Waals surface area contributed by atoms with Gasteiger partial charge in [0.15, 0.2) is 0 Å². The number of rotatable bonds is 9. The summed E-state index contributed by atoms with van der Waals surface area (Å²) in [6, 6.07) is 12.1. The summed E-state index contributed by atoms with van der Waals surface area (Å²) in [6.45, 7) is 1.38. The summed E-state index contributed by atoms with van der Waals surface area (Å²) in [4.78, 5) is -0.0488. The van der Waals surface area contributed by atoms with Crippen LogP contribution in [0.25, 0.3) is 0 Å². The molecule has 2 aromatic carbocycles. The molecular weight excluding hydrogens is 421 g/mol. The topological polar surface area (TPSA) is 21.3 Å². The van der Waals surface area contributed by atoms with Gasteiger partial charge in [-0.1, -0.05) is 46.1 Å². The average molecular weight is 445 g/mol. The molecule has 2 aromatic rings. The number of hydrogen-bond donors (Lipinski definition) is 1. The minimum absolute atomic E-state index is 0.00598. The zero-order valence-electron chi connectivity index (χ0n) is 15.9. The van der Waals surface area contributed by atoms with Crippen molar-refractivity contribution in [2.45, 2.75) is 42.3 Å². The monoisotopic (exact) mass is 445 g/mol. The van der Waals surface area contributed by atoms with Gasteiger partial charge in [-0.3, -0.25) is 5.09 Å². The highest BCUT2D eigenvalue weighted by Crippen LogP contribution is 2.40. The number of alkyl halides is 3. The molecule has 0 saturated carbocycles. The van der Waals surface area contributed by atoms with E-state index in [0.29, 0.717) is 19.0 Å². The second-order valence-electron chi connectivity index (χ2n) is 7.26. The molecule has 0 spiro atoms. The zero-order valence-corrected chi connectivity index (χ0v) is 17.9. The highest BCUT2D eigenvalue weighted by molar-refractivity contribution is 7.99. The molecule has 1 atom stereocenters. The molecule has 0 amide bonds. The van der Waals surface area contributed by atoms with Gasteiger partial charge in [0.1, 0.15) is 5.82 Å². The number of hydrogen-bond acceptors (Lipinski definition) is 3. The summed E-state index contributed by atoms with van der Waals surface area (Å²) in [6.07, 6.45) is -1.94. The predicted molar refractivity (Wildman–Crippen MR) is 111 cm³/mol. The molecule has 29 heavy (non-hydrogen) atoms. The summed E-state index contributed by atoms with van der Waals surface area (Å²) >= 11 is 1.07. The highest BCUT2D eigenvalue weighted by atomic mass is 32.2. The molecule has 2 nitrogen and oxygen atoms in total. The van der Waals surface area contributed by atoms with Gasteiger partial charge >= 0.3 is 6.18 Å². The first-order chi connectivity index (χ1) is 13.9. The molecule has 1 unspecified atom stereocenters. The number of unbranched alkanes of at least 4 members (excludes halogenated alkanes) is 1. The lowest BCUT2D eigenvalue weighted by Gasteiger charge is -2.42. The largest absolute Gasteiger partial charge is 0.417 e. The molecule has 1 fully saturated rings. The van der Waals surface area contributed by atoms with Crippen LogP contribution in [-0.2, 0) is 22.9 Å². The van der Waals surface area contributed by atoms with Gasteiger partial charge in [-0.25, -0.2) is 4.39 Å². The van der Waals surface area contributed by atoms with Crippen LogP contribution in [-0.4, -0.2) is 19.0 Å². The van der Waals surface area contributed by atoms with Crippen LogP contribution in [0.5, 0.6) is 0 Å². The second-order valence-corrected chi connectivity index (χ2v) is 8.81. The molecule has 1 aliphatic rings. The van der Waals surface area contributed by atoms with E-state index in [1.807, 2.05) is 18.2 Å². The third-order valence-electron chi connectivity index (χ3n) is 5.20. The highest BCUT2D eigenvalue weighted by Gasteiger charge is 2.39. The smallest absolute Gasteiger partial charge is 0.379 e. The maximum absolute atomic E-state index is 14.1. The Morgan fingerprint density at radius 3 is 2.41 bits per heavy atom. The van der Waals surface area contributed by atoms with Gasteiger partial charge in [-0.2, -0.15) is 13.2 Å². The van der Waals surface area contributed by atoms with E-state index < -0.39 is 17.6 Å². The van der Waals surface area contributed by atoms with Crippen molar-refractivity contribution in [3.05, 3.63) is 65.0 Å². The van der Waals surface area contributed by atoms with Gasteiger partial charge in [-0.15, -0.1) is 11.8 Å². The molecule has 1 aliphatic heterocycles. The zero-order chi connectivity index (χ0) is 20.9. The van der Waals surface area contributed by atoms with E-state index in [1.165, 1.54) is 5.56 Å². The minimum atomic E-state index is -4.51. The van der Waals surface area contributed by atoms with Gasteiger partial charge in [0, 0.05) is 22.4 Å². The normalized spacial score (nSPS) is 15.9. The Kier molecular flexibility index (Phi) is 7.60. The molecule has 0 aliphatic carbocycles. The van der Waals surface area contributed by atoms with Gasteiger partial charge in [-0.05, 0) is 36.3 Å². The molecule has 1 heterocycles. The van der Waals surface area contributed by atoms with E-state index in [2.05, 4.69) is 26.6 Å². The molecule has 0 bridgehead atoms. The fourth-order valence-corrected chi connectivity index (χ4v) is 4.83. The van der Waals surface area contributed by atoms with Gasteiger partial charge in [0.25, 0.3) is 0 Å². The van der Waals surface area contributed by atoms with E-state index in [1.54, 1.807) is 0 Å². The third kappa shape index (κ3) is 5.52. The summed E-state index contributed by atoms with van der Waals surface area (Å²) in [5.74, 6) is -0.111. The molecule has 1 N–H and O–H groups in total. The van der Waals surface area contributed by atoms with Crippen molar-refractivity contribution in [3.63, 3.8) is 0 Å². The van der Waals surface area contributed by atoms with Crippen molar-refractivity contribution in [1.29, 1.82) is 0 Å². The summed E-state index contributed by atoms with van der Waals surface area (Å²) in [5.41, 5.74) is 0.500. The predicted octanol–water partition coefficient (Wildman–Crippen LogP) is 5.95. The number of halogens is 4. The average Bonchev–Trinajstić information content (AvgIpc) is 2.65. The first kappa shape index (κ1) is 22.5. The van der Waals surface area contributed by atoms with Crippen LogP contribution in [0.15, 0.2) is 47.4 Å². The molecule has 0 aromatic heterocycles. The summed E-state index contributed by atoms with van der Waals surface area (Å²) in [7, 11) is 2.17. The van der Waals surface area contributed by atoms with Gasteiger partial charge < -0.3 is 4.74 Å². The molecular formula is C21H24F4NOPS. The van der Waals surface area contributed by atoms with E-state index in [9.17, 15) is 17.6 Å². The Labute approximate surface area is 175 Å². The van der Waals surface area contributed by atoms with Crippen LogP contribution in [0, 0.1) is 5.82 Å². The Bertz CT molecular complexity index is 812. The Morgan fingerprint density at radius 1 is 1.10 bits per heavy atom. The summed E-state index contributed by atoms with van der Waals surface area (Å²) < 4.78 is 59.8. The van der Waals surface area contributed by atoms with Crippen molar-refractivity contribution in [2.75, 3.05) is 19.0 Å². The second kappa shape index (κ2) is 9.78. The summed E-state index contributed by atoms with van der Waals surface area (Å²) in [5, 5.41) is 2.61. The minimum Gasteiger partial charge on any atom is -0.379 e. The molecule has 158 valence electrons. The van der Waals surface area contributed by atoms with Crippen molar-refractivity contribution in [2.24, 2.45) is 0 Å². The maximum atomic E-state index is 14.1. The number of nitrogens with one attached hydrogen (secondary N) is 1. The Balaban J connectivity index is 1.58. The lowest BCUT2D eigenvalue weighted by Crippen LogP contribution is -2.46. The van der Waals surface area contributed by atoms with E-state index >= 15 is 0 Å². The fraction of sp³-hybridized carbons (Fsp3) is 0.429. The van der Waals surface area contributed by atoms with Crippen LogP contribution in [0.1, 0.15) is 36.0 Å². The fourth-order valence-electron chi connectivity index (χ4n) is 3.53. The van der Waals surface area contributed by atoms with Crippen molar-refractivity contribution >= 4 is 21.2 Å². The quantitative estimate of drug-likeness (QED) is 0.223. The maximum Gasteiger partial charge on any atom is 0.417 e. The van der Waals surface area contributed by atoms with Crippen molar-refractivity contribution in [1.82, 2.24) is 5.09 Å². The molecule has 8 heteroatoms. The van der Waals surface area contributed by atoms with Gasteiger partial charge in [0.2, 0.25) is 0 Å². The first-order valence-electron chi connectivity index (χ1n) is 9.45. The van der Waals surface area contributed by atoms with E-state index in [-0.39, 0.29) is 22.4 Å². The van der Waals surface area contributed by atoms with Crippen LogP contribution in [0.2, 0.25) is 0 Å². The van der Waals surface area contributed by atoms with Crippen LogP contribution in [0.4, 0.5) is 17.6 Å².